The molecule has 0 aliphatic rings. The van der Waals surface area contributed by atoms with Gasteiger partial charge < -0.3 is 14.6 Å². The highest BCUT2D eigenvalue weighted by molar-refractivity contribution is 7.87. The van der Waals surface area contributed by atoms with Gasteiger partial charge in [0.15, 0.2) is 10.1 Å². The van der Waals surface area contributed by atoms with E-state index >= 15 is 0 Å². The molecular weight excluding hydrogens is 368 g/mol. The molecule has 1 N–H and O–H groups in total. The molecule has 0 saturated heterocycles. The molecule has 0 saturated carbocycles. The first kappa shape index (κ1) is 19.8. The molecule has 0 spiro atoms. The Kier molecular flexibility index (Phi) is 5.94. The molecule has 140 valence electrons. The minimum atomic E-state index is -6.05. The summed E-state index contributed by atoms with van der Waals surface area (Å²) in [5.74, 6) is -1.57. The molecule has 0 atom stereocenters. The molecular formula is C17H16F2NO5S-. The zero-order valence-corrected chi connectivity index (χ0v) is 14.4. The van der Waals surface area contributed by atoms with Crippen molar-refractivity contribution in [1.82, 2.24) is 5.32 Å². The Bertz CT molecular complexity index is 928. The van der Waals surface area contributed by atoms with Crippen LogP contribution in [0.15, 0.2) is 43.0 Å². The quantitative estimate of drug-likeness (QED) is 0.557. The minimum Gasteiger partial charge on any atom is -0.743 e. The summed E-state index contributed by atoms with van der Waals surface area (Å²) in [4.78, 5) is 11.1. The molecule has 0 fully saturated rings. The average Bonchev–Trinajstić information content (AvgIpc) is 2.59. The van der Waals surface area contributed by atoms with Crippen molar-refractivity contribution in [3.63, 3.8) is 0 Å². The van der Waals surface area contributed by atoms with E-state index in [9.17, 15) is 26.5 Å². The van der Waals surface area contributed by atoms with E-state index in [2.05, 4.69) is 6.58 Å². The van der Waals surface area contributed by atoms with Crippen LogP contribution in [-0.4, -0.2) is 37.3 Å². The van der Waals surface area contributed by atoms with E-state index in [0.717, 1.165) is 16.3 Å². The molecule has 0 heterocycles. The third-order valence-electron chi connectivity index (χ3n) is 3.58. The lowest BCUT2D eigenvalue weighted by Crippen LogP contribution is -2.46. The number of alkyl halides is 2. The Hall–Kier alpha value is -2.52. The fourth-order valence-corrected chi connectivity index (χ4v) is 2.58. The van der Waals surface area contributed by atoms with Crippen LogP contribution in [0.2, 0.25) is 0 Å². The van der Waals surface area contributed by atoms with Crippen LogP contribution in [0.4, 0.5) is 8.78 Å². The Morgan fingerprint density at radius 3 is 2.54 bits per heavy atom. The fourth-order valence-electron chi connectivity index (χ4n) is 2.28. The molecule has 2 aromatic carbocycles. The highest BCUT2D eigenvalue weighted by atomic mass is 32.2. The second-order valence-corrected chi connectivity index (χ2v) is 6.75. The van der Waals surface area contributed by atoms with Crippen LogP contribution in [0.1, 0.15) is 12.0 Å². The van der Waals surface area contributed by atoms with Gasteiger partial charge in [-0.3, -0.25) is 4.79 Å². The maximum atomic E-state index is 13.0. The van der Waals surface area contributed by atoms with E-state index in [1.165, 1.54) is 0 Å². The number of carbonyl (C=O) groups excluding carboxylic acids is 1. The van der Waals surface area contributed by atoms with Crippen molar-refractivity contribution < 1.29 is 31.3 Å². The number of nitrogens with one attached hydrogen (secondary N) is 1. The standard InChI is InChI=1S/C17H17F2NO5S/c1-2-12-6-3-8-14-13(12)7-4-9-15(14)25-11-5-10-20-16(21)17(18,19)26(22,23)24/h2-4,6-9H,1,5,10-11H2,(H,20,21)(H,22,23,24)/p-1. The number of amides is 1. The second-order valence-electron chi connectivity index (χ2n) is 5.33. The van der Waals surface area contributed by atoms with Gasteiger partial charge in [0, 0.05) is 11.9 Å². The highest BCUT2D eigenvalue weighted by Crippen LogP contribution is 2.28. The molecule has 0 aliphatic heterocycles. The molecule has 0 bridgehead atoms. The molecule has 1 amide bonds. The predicted octanol–water partition coefficient (Wildman–Crippen LogP) is 2.51. The van der Waals surface area contributed by atoms with Gasteiger partial charge in [-0.25, -0.2) is 8.42 Å². The lowest BCUT2D eigenvalue weighted by Gasteiger charge is -2.18. The van der Waals surface area contributed by atoms with Crippen LogP contribution in [0, 0.1) is 0 Å². The third kappa shape index (κ3) is 4.17. The van der Waals surface area contributed by atoms with Gasteiger partial charge in [0.25, 0.3) is 0 Å². The van der Waals surface area contributed by atoms with Crippen molar-refractivity contribution in [3.05, 3.63) is 48.5 Å². The first-order valence-electron chi connectivity index (χ1n) is 7.57. The Labute approximate surface area is 149 Å². The summed E-state index contributed by atoms with van der Waals surface area (Å²) in [5, 5.41) is -1.50. The van der Waals surface area contributed by atoms with Crippen molar-refractivity contribution in [3.8, 4) is 5.75 Å². The van der Waals surface area contributed by atoms with Crippen molar-refractivity contribution in [1.29, 1.82) is 0 Å². The lowest BCUT2D eigenvalue weighted by molar-refractivity contribution is -0.136. The highest BCUT2D eigenvalue weighted by Gasteiger charge is 2.46. The van der Waals surface area contributed by atoms with E-state index in [1.807, 2.05) is 24.3 Å². The van der Waals surface area contributed by atoms with Crippen molar-refractivity contribution in [2.75, 3.05) is 13.2 Å². The van der Waals surface area contributed by atoms with Gasteiger partial charge in [-0.15, -0.1) is 0 Å². The maximum absolute atomic E-state index is 13.0. The summed E-state index contributed by atoms with van der Waals surface area (Å²) in [6, 6.07) is 11.1. The van der Waals surface area contributed by atoms with E-state index < -0.39 is 21.3 Å². The molecule has 0 aromatic heterocycles. The molecule has 9 heteroatoms. The molecule has 0 unspecified atom stereocenters. The number of benzene rings is 2. The molecule has 26 heavy (non-hydrogen) atoms. The van der Waals surface area contributed by atoms with Gasteiger partial charge in [-0.1, -0.05) is 43.0 Å². The van der Waals surface area contributed by atoms with E-state index in [4.69, 9.17) is 4.74 Å². The molecule has 6 nitrogen and oxygen atoms in total. The summed E-state index contributed by atoms with van der Waals surface area (Å²) in [6.07, 6.45) is 1.85. The predicted molar refractivity (Wildman–Crippen MR) is 91.8 cm³/mol. The Balaban J connectivity index is 1.93. The fraction of sp³-hybridized carbons (Fsp3) is 0.235. The zero-order chi connectivity index (χ0) is 19.4. The number of carbonyl (C=O) groups is 1. The topological polar surface area (TPSA) is 95.5 Å². The molecule has 2 aromatic rings. The van der Waals surface area contributed by atoms with Crippen LogP contribution in [-0.2, 0) is 14.9 Å². The van der Waals surface area contributed by atoms with Gasteiger partial charge in [0.1, 0.15) is 5.75 Å². The van der Waals surface area contributed by atoms with E-state index in [-0.39, 0.29) is 19.6 Å². The van der Waals surface area contributed by atoms with Crippen molar-refractivity contribution in [2.45, 2.75) is 11.7 Å². The SMILES string of the molecule is C=Cc1cccc2c(OCCCNC(=O)C(F)(F)S(=O)(=O)[O-])cccc12. The minimum absolute atomic E-state index is 0.0907. The van der Waals surface area contributed by atoms with Gasteiger partial charge in [-0.05, 0) is 23.4 Å². The van der Waals surface area contributed by atoms with E-state index in [0.29, 0.717) is 5.75 Å². The monoisotopic (exact) mass is 384 g/mol. The van der Waals surface area contributed by atoms with Crippen LogP contribution in [0.25, 0.3) is 16.8 Å². The van der Waals surface area contributed by atoms with Crippen LogP contribution >= 0.6 is 0 Å². The zero-order valence-electron chi connectivity index (χ0n) is 13.6. The summed E-state index contributed by atoms with van der Waals surface area (Å²) in [6.45, 7) is 3.56. The summed E-state index contributed by atoms with van der Waals surface area (Å²) in [5.41, 5.74) is 0.932. The van der Waals surface area contributed by atoms with Gasteiger partial charge in [0.05, 0.1) is 6.61 Å². The van der Waals surface area contributed by atoms with Crippen LogP contribution in [0.3, 0.4) is 0 Å². The second kappa shape index (κ2) is 7.79. The van der Waals surface area contributed by atoms with Gasteiger partial charge >= 0.3 is 11.2 Å². The smallest absolute Gasteiger partial charge is 0.410 e. The Morgan fingerprint density at radius 1 is 1.23 bits per heavy atom. The van der Waals surface area contributed by atoms with Gasteiger partial charge in [-0.2, -0.15) is 8.78 Å². The molecule has 0 radical (unpaired) electrons. The first-order valence-corrected chi connectivity index (χ1v) is 8.98. The normalized spacial score (nSPS) is 12.0. The largest absolute Gasteiger partial charge is 0.743 e. The van der Waals surface area contributed by atoms with Gasteiger partial charge in [0.2, 0.25) is 0 Å². The number of fused-ring (bicyclic) bond motifs is 1. The summed E-state index contributed by atoms with van der Waals surface area (Å²) < 4.78 is 62.6. The summed E-state index contributed by atoms with van der Waals surface area (Å²) in [7, 11) is -6.05. The Morgan fingerprint density at radius 2 is 1.88 bits per heavy atom. The number of ether oxygens (including phenoxy) is 1. The number of hydrogen-bond donors (Lipinski definition) is 1. The average molecular weight is 384 g/mol. The molecule has 0 aliphatic carbocycles. The number of rotatable bonds is 8. The molecule has 2 rings (SSSR count). The third-order valence-corrected chi connectivity index (χ3v) is 4.39. The van der Waals surface area contributed by atoms with Crippen LogP contribution < -0.4 is 10.1 Å². The lowest BCUT2D eigenvalue weighted by atomic mass is 10.0. The number of hydrogen-bond acceptors (Lipinski definition) is 5. The van der Waals surface area contributed by atoms with E-state index in [1.54, 1.807) is 23.5 Å². The summed E-state index contributed by atoms with van der Waals surface area (Å²) >= 11 is 0. The van der Waals surface area contributed by atoms with Crippen LogP contribution in [0.5, 0.6) is 5.75 Å². The first-order chi connectivity index (χ1) is 12.2. The van der Waals surface area contributed by atoms with Crippen molar-refractivity contribution in [2.24, 2.45) is 0 Å². The number of halogens is 2. The van der Waals surface area contributed by atoms with Crippen molar-refractivity contribution >= 4 is 32.9 Å². The maximum Gasteiger partial charge on any atom is 0.410 e.